The highest BCUT2D eigenvalue weighted by Crippen LogP contribution is 2.17. The van der Waals surface area contributed by atoms with Crippen molar-refractivity contribution in [2.45, 2.75) is 19.1 Å². The molecule has 1 aromatic rings. The molecule has 0 fully saturated rings. The van der Waals surface area contributed by atoms with Crippen molar-refractivity contribution in [2.75, 3.05) is 23.9 Å². The minimum absolute atomic E-state index is 0.0569. The molecule has 3 amide bonds. The largest absolute Gasteiger partial charge is 0.454 e. The van der Waals surface area contributed by atoms with Crippen molar-refractivity contribution in [1.29, 1.82) is 0 Å². The molecular weight excluding hydrogens is 372 g/mol. The second-order valence-corrected chi connectivity index (χ2v) is 5.89. The molecule has 0 spiro atoms. The number of halogens is 2. The molecule has 0 aromatic heterocycles. The zero-order valence-electron chi connectivity index (χ0n) is 13.9. The molecule has 1 rings (SSSR count). The fourth-order valence-corrected chi connectivity index (χ4v) is 2.28. The van der Waals surface area contributed by atoms with E-state index in [1.807, 2.05) is 6.26 Å². The maximum atomic E-state index is 12.1. The van der Waals surface area contributed by atoms with Crippen molar-refractivity contribution in [3.8, 4) is 5.75 Å². The quantitative estimate of drug-likeness (QED) is 0.521. The number of carbonyl (C=O) groups excluding carboxylic acids is 3. The lowest BCUT2D eigenvalue weighted by Gasteiger charge is -2.16. The average molecular weight is 391 g/mol. The number of alkyl halides is 2. The summed E-state index contributed by atoms with van der Waals surface area (Å²) in [5, 5.41) is 4.68. The molecule has 0 aliphatic heterocycles. The van der Waals surface area contributed by atoms with E-state index < -0.39 is 37.2 Å². The first-order valence-electron chi connectivity index (χ1n) is 7.38. The number of urea groups is 1. The van der Waals surface area contributed by atoms with Gasteiger partial charge in [-0.15, -0.1) is 0 Å². The Morgan fingerprint density at radius 1 is 1.23 bits per heavy atom. The second-order valence-electron chi connectivity index (χ2n) is 4.90. The molecule has 0 heterocycles. The molecule has 1 atom stereocenters. The summed E-state index contributed by atoms with van der Waals surface area (Å²) in [6.07, 6.45) is 2.13. The van der Waals surface area contributed by atoms with Gasteiger partial charge in [0.15, 0.2) is 6.61 Å². The average Bonchev–Trinajstić information content (AvgIpc) is 2.57. The Morgan fingerprint density at radius 2 is 1.88 bits per heavy atom. The molecule has 0 radical (unpaired) electrons. The molecule has 0 bridgehead atoms. The predicted molar refractivity (Wildman–Crippen MR) is 92.2 cm³/mol. The van der Waals surface area contributed by atoms with Crippen LogP contribution in [0.15, 0.2) is 24.3 Å². The molecule has 0 aliphatic carbocycles. The number of hydrogen-bond donors (Lipinski definition) is 3. The molecule has 0 saturated heterocycles. The third-order valence-electron chi connectivity index (χ3n) is 2.92. The Labute approximate surface area is 152 Å². The zero-order chi connectivity index (χ0) is 19.5. The van der Waals surface area contributed by atoms with Gasteiger partial charge in [0.1, 0.15) is 11.8 Å². The van der Waals surface area contributed by atoms with Crippen LogP contribution >= 0.6 is 11.8 Å². The van der Waals surface area contributed by atoms with Gasteiger partial charge < -0.3 is 25.8 Å². The van der Waals surface area contributed by atoms with Gasteiger partial charge in [-0.05, 0) is 42.7 Å². The van der Waals surface area contributed by atoms with Gasteiger partial charge in [-0.2, -0.15) is 20.5 Å². The Bertz CT molecular complexity index is 616. The van der Waals surface area contributed by atoms with Crippen molar-refractivity contribution in [3.05, 3.63) is 24.3 Å². The van der Waals surface area contributed by atoms with E-state index in [2.05, 4.69) is 15.4 Å². The van der Waals surface area contributed by atoms with Gasteiger partial charge in [0, 0.05) is 5.69 Å². The van der Waals surface area contributed by atoms with Crippen molar-refractivity contribution in [3.63, 3.8) is 0 Å². The summed E-state index contributed by atoms with van der Waals surface area (Å²) in [4.78, 5) is 34.6. The predicted octanol–water partition coefficient (Wildman–Crippen LogP) is 1.56. The number of ether oxygens (including phenoxy) is 2. The molecule has 1 aromatic carbocycles. The molecule has 26 heavy (non-hydrogen) atoms. The molecular formula is C15H19F2N3O5S. The normalized spacial score (nSPS) is 11.5. The van der Waals surface area contributed by atoms with Crippen LogP contribution in [0.3, 0.4) is 0 Å². The summed E-state index contributed by atoms with van der Waals surface area (Å²) in [6, 6.07) is 3.40. The van der Waals surface area contributed by atoms with Crippen LogP contribution in [0.4, 0.5) is 19.3 Å². The summed E-state index contributed by atoms with van der Waals surface area (Å²) < 4.78 is 33.1. The van der Waals surface area contributed by atoms with Crippen molar-refractivity contribution >= 4 is 35.4 Å². The molecule has 11 heteroatoms. The van der Waals surface area contributed by atoms with Gasteiger partial charge in [0.25, 0.3) is 5.91 Å². The number of nitrogens with two attached hydrogens (primary N) is 1. The minimum atomic E-state index is -2.94. The number of carbonyl (C=O) groups is 3. The molecule has 0 aliphatic rings. The van der Waals surface area contributed by atoms with E-state index in [1.54, 1.807) is 0 Å². The number of amides is 3. The van der Waals surface area contributed by atoms with Crippen LogP contribution in [-0.4, -0.2) is 49.2 Å². The van der Waals surface area contributed by atoms with E-state index in [-0.39, 0.29) is 5.75 Å². The third-order valence-corrected chi connectivity index (χ3v) is 3.56. The standard InChI is InChI=1S/C15H19F2N3O5S/c1-26-7-6-11(20-15(18)23)13(22)24-8-12(21)19-9-2-4-10(5-3-9)25-14(16)17/h2-5,11,14H,6-8H2,1H3,(H,19,21)(H3,18,20,23)/t11-/m1/s1. The Hall–Kier alpha value is -2.56. The van der Waals surface area contributed by atoms with Crippen LogP contribution in [0.25, 0.3) is 0 Å². The number of rotatable bonds is 10. The van der Waals surface area contributed by atoms with E-state index in [4.69, 9.17) is 10.5 Å². The summed E-state index contributed by atoms with van der Waals surface area (Å²) in [5.41, 5.74) is 5.31. The van der Waals surface area contributed by atoms with Gasteiger partial charge in [-0.3, -0.25) is 4.79 Å². The van der Waals surface area contributed by atoms with Gasteiger partial charge in [0.05, 0.1) is 0 Å². The smallest absolute Gasteiger partial charge is 0.387 e. The zero-order valence-corrected chi connectivity index (χ0v) is 14.7. The Kier molecular flexibility index (Phi) is 9.20. The number of nitrogens with one attached hydrogen (secondary N) is 2. The van der Waals surface area contributed by atoms with Gasteiger partial charge in [-0.1, -0.05) is 0 Å². The van der Waals surface area contributed by atoms with Gasteiger partial charge in [0.2, 0.25) is 0 Å². The Morgan fingerprint density at radius 3 is 2.42 bits per heavy atom. The topological polar surface area (TPSA) is 120 Å². The van der Waals surface area contributed by atoms with E-state index in [0.717, 1.165) is 0 Å². The van der Waals surface area contributed by atoms with Crippen LogP contribution in [0.1, 0.15) is 6.42 Å². The first-order valence-corrected chi connectivity index (χ1v) is 8.77. The SMILES string of the molecule is CSCC[C@@H](NC(N)=O)C(=O)OCC(=O)Nc1ccc(OC(F)F)cc1. The lowest BCUT2D eigenvalue weighted by Crippen LogP contribution is -2.45. The lowest BCUT2D eigenvalue weighted by molar-refractivity contribution is -0.149. The molecule has 4 N–H and O–H groups in total. The monoisotopic (exact) mass is 391 g/mol. The number of benzene rings is 1. The third kappa shape index (κ3) is 8.51. The van der Waals surface area contributed by atoms with Crippen molar-refractivity contribution < 1.29 is 32.6 Å². The molecule has 0 saturated carbocycles. The molecule has 144 valence electrons. The fraction of sp³-hybridized carbons (Fsp3) is 0.400. The summed E-state index contributed by atoms with van der Waals surface area (Å²) in [6.45, 7) is -3.52. The van der Waals surface area contributed by atoms with E-state index in [9.17, 15) is 23.2 Å². The minimum Gasteiger partial charge on any atom is -0.454 e. The van der Waals surface area contributed by atoms with Gasteiger partial charge >= 0.3 is 18.6 Å². The van der Waals surface area contributed by atoms with E-state index in [0.29, 0.717) is 17.9 Å². The van der Waals surface area contributed by atoms with E-state index >= 15 is 0 Å². The van der Waals surface area contributed by atoms with Crippen LogP contribution in [0.5, 0.6) is 5.75 Å². The highest BCUT2D eigenvalue weighted by Gasteiger charge is 2.21. The van der Waals surface area contributed by atoms with Crippen molar-refractivity contribution in [2.24, 2.45) is 5.73 Å². The summed E-state index contributed by atoms with van der Waals surface area (Å²) in [5.74, 6) is -0.893. The lowest BCUT2D eigenvalue weighted by atomic mass is 10.2. The number of hydrogen-bond acceptors (Lipinski definition) is 6. The number of thioether (sulfide) groups is 1. The summed E-state index contributed by atoms with van der Waals surface area (Å²) in [7, 11) is 0. The van der Waals surface area contributed by atoms with Gasteiger partial charge in [-0.25, -0.2) is 9.59 Å². The van der Waals surface area contributed by atoms with E-state index in [1.165, 1.54) is 36.0 Å². The maximum absolute atomic E-state index is 12.1. The number of primary amides is 1. The van der Waals surface area contributed by atoms with Crippen molar-refractivity contribution in [1.82, 2.24) is 5.32 Å². The Balaban J connectivity index is 2.48. The van der Waals surface area contributed by atoms with Crippen LogP contribution < -0.4 is 21.1 Å². The highest BCUT2D eigenvalue weighted by atomic mass is 32.2. The van der Waals surface area contributed by atoms with Crippen LogP contribution in [0, 0.1) is 0 Å². The second kappa shape index (κ2) is 11.1. The summed E-state index contributed by atoms with van der Waals surface area (Å²) >= 11 is 1.47. The molecule has 0 unspecified atom stereocenters. The number of esters is 1. The maximum Gasteiger partial charge on any atom is 0.387 e. The highest BCUT2D eigenvalue weighted by molar-refractivity contribution is 7.98. The first kappa shape index (κ1) is 21.5. The van der Waals surface area contributed by atoms with Crippen LogP contribution in [0.2, 0.25) is 0 Å². The molecule has 8 nitrogen and oxygen atoms in total. The fourth-order valence-electron chi connectivity index (χ4n) is 1.81. The number of anilines is 1. The first-order chi connectivity index (χ1) is 12.3. The van der Waals surface area contributed by atoms with Crippen LogP contribution in [-0.2, 0) is 14.3 Å².